The molecule has 2 N–H and O–H groups in total. The average Bonchev–Trinajstić information content (AvgIpc) is 2.84. The number of nitrogens with one attached hydrogen (secondary N) is 2. The van der Waals surface area contributed by atoms with Gasteiger partial charge in [0, 0.05) is 6.54 Å². The standard InChI is InChI=1S/C10H11F2N5O/c11-10(12)18-8-3-1-7(2-4-8)5-13-6-9-14-16-17-15-9/h1-4,10,13H,5-6H2,(H,14,15,16,17). The Bertz CT molecular complexity index is 460. The van der Waals surface area contributed by atoms with Crippen LogP contribution in [0.2, 0.25) is 0 Å². The van der Waals surface area contributed by atoms with E-state index in [0.29, 0.717) is 18.9 Å². The molecule has 0 saturated carbocycles. The second-order valence-electron chi connectivity index (χ2n) is 3.45. The molecule has 0 bridgehead atoms. The zero-order valence-electron chi connectivity index (χ0n) is 9.31. The highest BCUT2D eigenvalue weighted by molar-refractivity contribution is 5.27. The van der Waals surface area contributed by atoms with Crippen LogP contribution in [0.4, 0.5) is 8.78 Å². The lowest BCUT2D eigenvalue weighted by atomic mass is 10.2. The maximum Gasteiger partial charge on any atom is 0.387 e. The minimum Gasteiger partial charge on any atom is -0.435 e. The number of benzene rings is 1. The molecular formula is C10H11F2N5O. The van der Waals surface area contributed by atoms with Crippen molar-refractivity contribution in [3.63, 3.8) is 0 Å². The van der Waals surface area contributed by atoms with Crippen LogP contribution >= 0.6 is 0 Å². The van der Waals surface area contributed by atoms with Gasteiger partial charge in [0.15, 0.2) is 5.82 Å². The molecule has 8 heteroatoms. The van der Waals surface area contributed by atoms with E-state index in [9.17, 15) is 8.78 Å². The summed E-state index contributed by atoms with van der Waals surface area (Å²) < 4.78 is 28.1. The van der Waals surface area contributed by atoms with Gasteiger partial charge in [0.25, 0.3) is 0 Å². The minimum absolute atomic E-state index is 0.145. The summed E-state index contributed by atoms with van der Waals surface area (Å²) in [6.45, 7) is -1.75. The molecule has 0 aliphatic rings. The number of halogens is 2. The number of nitrogens with zero attached hydrogens (tertiary/aromatic N) is 3. The number of rotatable bonds is 6. The van der Waals surface area contributed by atoms with Gasteiger partial charge in [0.2, 0.25) is 0 Å². The number of hydrogen-bond acceptors (Lipinski definition) is 5. The first-order valence-corrected chi connectivity index (χ1v) is 5.21. The van der Waals surface area contributed by atoms with Gasteiger partial charge in [0.1, 0.15) is 5.75 Å². The summed E-state index contributed by atoms with van der Waals surface area (Å²) in [7, 11) is 0. The molecule has 0 atom stereocenters. The molecule has 1 aromatic heterocycles. The van der Waals surface area contributed by atoms with Gasteiger partial charge in [-0.1, -0.05) is 17.3 Å². The Labute approximate surface area is 101 Å². The van der Waals surface area contributed by atoms with Crippen molar-refractivity contribution in [2.75, 3.05) is 0 Å². The van der Waals surface area contributed by atoms with E-state index in [1.165, 1.54) is 12.1 Å². The first-order valence-electron chi connectivity index (χ1n) is 5.21. The fourth-order valence-corrected chi connectivity index (χ4v) is 1.36. The number of ether oxygens (including phenoxy) is 1. The van der Waals surface area contributed by atoms with Gasteiger partial charge >= 0.3 is 6.61 Å². The second-order valence-corrected chi connectivity index (χ2v) is 3.45. The van der Waals surface area contributed by atoms with Crippen LogP contribution < -0.4 is 10.1 Å². The van der Waals surface area contributed by atoms with Crippen LogP contribution in [0.1, 0.15) is 11.4 Å². The van der Waals surface area contributed by atoms with Gasteiger partial charge in [-0.2, -0.15) is 14.0 Å². The molecule has 0 spiro atoms. The molecule has 0 aliphatic carbocycles. The SMILES string of the molecule is FC(F)Oc1ccc(CNCc2nn[nH]n2)cc1. The molecule has 6 nitrogen and oxygen atoms in total. The molecule has 2 rings (SSSR count). The zero-order chi connectivity index (χ0) is 12.8. The van der Waals surface area contributed by atoms with Crippen molar-refractivity contribution in [1.82, 2.24) is 25.9 Å². The fourth-order valence-electron chi connectivity index (χ4n) is 1.36. The van der Waals surface area contributed by atoms with Gasteiger partial charge < -0.3 is 10.1 Å². The van der Waals surface area contributed by atoms with E-state index in [-0.39, 0.29) is 5.75 Å². The van der Waals surface area contributed by atoms with Crippen LogP contribution in [0.3, 0.4) is 0 Å². The molecule has 96 valence electrons. The lowest BCUT2D eigenvalue weighted by Crippen LogP contribution is -2.13. The first kappa shape index (κ1) is 12.4. The first-order chi connectivity index (χ1) is 8.74. The fraction of sp³-hybridized carbons (Fsp3) is 0.300. The van der Waals surface area contributed by atoms with Gasteiger partial charge in [-0.15, -0.1) is 10.2 Å². The molecule has 0 unspecified atom stereocenters. The molecule has 0 aliphatic heterocycles. The molecule has 1 heterocycles. The van der Waals surface area contributed by atoms with E-state index in [0.717, 1.165) is 5.56 Å². The maximum atomic E-state index is 11.9. The summed E-state index contributed by atoms with van der Waals surface area (Å²) in [5.41, 5.74) is 0.945. The Morgan fingerprint density at radius 3 is 2.61 bits per heavy atom. The summed E-state index contributed by atoms with van der Waals surface area (Å²) in [5, 5.41) is 16.4. The predicted molar refractivity (Wildman–Crippen MR) is 57.8 cm³/mol. The molecule has 0 radical (unpaired) electrons. The predicted octanol–water partition coefficient (Wildman–Crippen LogP) is 1.09. The quantitative estimate of drug-likeness (QED) is 0.808. The Balaban J connectivity index is 1.79. The summed E-state index contributed by atoms with van der Waals surface area (Å²) in [6.07, 6.45) is 0. The van der Waals surface area contributed by atoms with Crippen molar-refractivity contribution in [1.29, 1.82) is 0 Å². The molecule has 2 aromatic rings. The molecule has 0 fully saturated rings. The van der Waals surface area contributed by atoms with E-state index in [4.69, 9.17) is 0 Å². The van der Waals surface area contributed by atoms with Crippen LogP contribution in [0.25, 0.3) is 0 Å². The summed E-state index contributed by atoms with van der Waals surface area (Å²) in [6, 6.07) is 6.41. The zero-order valence-corrected chi connectivity index (χ0v) is 9.31. The van der Waals surface area contributed by atoms with Gasteiger partial charge in [0.05, 0.1) is 6.54 Å². The number of alkyl halides is 2. The Hall–Kier alpha value is -2.09. The third-order valence-electron chi connectivity index (χ3n) is 2.15. The third-order valence-corrected chi connectivity index (χ3v) is 2.15. The van der Waals surface area contributed by atoms with Crippen molar-refractivity contribution >= 4 is 0 Å². The van der Waals surface area contributed by atoms with Gasteiger partial charge in [-0.05, 0) is 17.7 Å². The highest BCUT2D eigenvalue weighted by atomic mass is 19.3. The average molecular weight is 255 g/mol. The van der Waals surface area contributed by atoms with Crippen LogP contribution in [0, 0.1) is 0 Å². The van der Waals surface area contributed by atoms with Crippen LogP contribution in [-0.2, 0) is 13.1 Å². The van der Waals surface area contributed by atoms with Crippen molar-refractivity contribution < 1.29 is 13.5 Å². The number of aromatic nitrogens is 4. The Morgan fingerprint density at radius 1 is 1.22 bits per heavy atom. The van der Waals surface area contributed by atoms with Crippen molar-refractivity contribution in [2.45, 2.75) is 19.7 Å². The van der Waals surface area contributed by atoms with E-state index < -0.39 is 6.61 Å². The lowest BCUT2D eigenvalue weighted by molar-refractivity contribution is -0.0498. The normalized spacial score (nSPS) is 10.8. The number of tetrazole rings is 1. The number of H-pyrrole nitrogens is 1. The van der Waals surface area contributed by atoms with Crippen LogP contribution in [0.15, 0.2) is 24.3 Å². The highest BCUT2D eigenvalue weighted by Gasteiger charge is 2.03. The van der Waals surface area contributed by atoms with Gasteiger partial charge in [-0.3, -0.25) is 0 Å². The molecular weight excluding hydrogens is 244 g/mol. The molecule has 0 saturated heterocycles. The monoisotopic (exact) mass is 255 g/mol. The topological polar surface area (TPSA) is 75.7 Å². The number of aromatic amines is 1. The van der Waals surface area contributed by atoms with E-state index in [1.54, 1.807) is 12.1 Å². The molecule has 1 aromatic carbocycles. The van der Waals surface area contributed by atoms with Crippen molar-refractivity contribution in [3.05, 3.63) is 35.7 Å². The van der Waals surface area contributed by atoms with Crippen molar-refractivity contribution in [2.24, 2.45) is 0 Å². The minimum atomic E-state index is -2.80. The van der Waals surface area contributed by atoms with E-state index in [2.05, 4.69) is 30.7 Å². The smallest absolute Gasteiger partial charge is 0.387 e. The van der Waals surface area contributed by atoms with E-state index in [1.807, 2.05) is 0 Å². The summed E-state index contributed by atoms with van der Waals surface area (Å²) in [4.78, 5) is 0. The van der Waals surface area contributed by atoms with Crippen LogP contribution in [-0.4, -0.2) is 27.2 Å². The molecule has 0 amide bonds. The van der Waals surface area contributed by atoms with Crippen LogP contribution in [0.5, 0.6) is 5.75 Å². The second kappa shape index (κ2) is 6.01. The Kier molecular flexibility index (Phi) is 4.13. The Morgan fingerprint density at radius 2 is 2.00 bits per heavy atom. The highest BCUT2D eigenvalue weighted by Crippen LogP contribution is 2.14. The lowest BCUT2D eigenvalue weighted by Gasteiger charge is -2.06. The third kappa shape index (κ3) is 3.74. The van der Waals surface area contributed by atoms with Crippen molar-refractivity contribution in [3.8, 4) is 5.75 Å². The van der Waals surface area contributed by atoms with E-state index >= 15 is 0 Å². The maximum absolute atomic E-state index is 11.9. The molecule has 18 heavy (non-hydrogen) atoms. The number of hydrogen-bond donors (Lipinski definition) is 2. The van der Waals surface area contributed by atoms with Gasteiger partial charge in [-0.25, -0.2) is 0 Å². The summed E-state index contributed by atoms with van der Waals surface area (Å²) in [5.74, 6) is 0.708. The summed E-state index contributed by atoms with van der Waals surface area (Å²) >= 11 is 0. The largest absolute Gasteiger partial charge is 0.435 e.